The number of hydrogen-bond acceptors (Lipinski definition) is 5. The quantitative estimate of drug-likeness (QED) is 0.746. The largest absolute Gasteiger partial charge is 0.467 e. The Morgan fingerprint density at radius 1 is 1.39 bits per heavy atom. The Morgan fingerprint density at radius 3 is 2.74 bits per heavy atom. The van der Waals surface area contributed by atoms with E-state index < -0.39 is 22.8 Å². The number of methoxy groups -OCH3 is 1. The van der Waals surface area contributed by atoms with Gasteiger partial charge in [0, 0.05) is 17.3 Å². The third kappa shape index (κ3) is 5.14. The van der Waals surface area contributed by atoms with Crippen molar-refractivity contribution in [3.8, 4) is 0 Å². The maximum atomic E-state index is 12.2. The first kappa shape index (κ1) is 17.6. The van der Waals surface area contributed by atoms with Gasteiger partial charge in [0.1, 0.15) is 6.04 Å². The van der Waals surface area contributed by atoms with Gasteiger partial charge in [0.05, 0.1) is 30.4 Å². The van der Waals surface area contributed by atoms with Crippen LogP contribution in [-0.2, 0) is 29.9 Å². The van der Waals surface area contributed by atoms with E-state index in [2.05, 4.69) is 5.32 Å². The number of amides is 1. The van der Waals surface area contributed by atoms with Gasteiger partial charge in [0.15, 0.2) is 0 Å². The van der Waals surface area contributed by atoms with Gasteiger partial charge in [-0.2, -0.15) is 0 Å². The van der Waals surface area contributed by atoms with Crippen molar-refractivity contribution in [2.45, 2.75) is 23.8 Å². The molecule has 6 nitrogen and oxygen atoms in total. The first-order chi connectivity index (χ1) is 11.1. The average molecular weight is 339 g/mol. The molecule has 0 unspecified atom stereocenters. The Morgan fingerprint density at radius 2 is 2.13 bits per heavy atom. The van der Waals surface area contributed by atoms with Crippen LogP contribution in [0, 0.1) is 5.92 Å². The second kappa shape index (κ2) is 8.79. The minimum atomic E-state index is -1.22. The van der Waals surface area contributed by atoms with Gasteiger partial charge in [0.2, 0.25) is 5.91 Å². The van der Waals surface area contributed by atoms with E-state index in [1.54, 1.807) is 12.1 Å². The van der Waals surface area contributed by atoms with Crippen molar-refractivity contribution in [1.29, 1.82) is 0 Å². The van der Waals surface area contributed by atoms with E-state index >= 15 is 0 Å². The summed E-state index contributed by atoms with van der Waals surface area (Å²) >= 11 is 0. The molecule has 0 saturated carbocycles. The van der Waals surface area contributed by atoms with Crippen LogP contribution in [-0.4, -0.2) is 48.2 Å². The maximum Gasteiger partial charge on any atom is 0.328 e. The lowest BCUT2D eigenvalue weighted by atomic mass is 10.1. The van der Waals surface area contributed by atoms with Gasteiger partial charge in [-0.1, -0.05) is 18.2 Å². The number of benzene rings is 1. The SMILES string of the molecule is COC(=O)[C@H](CC[S@@](=O)c1ccccc1)NC(=O)[C@H]1CCOC1. The molecule has 0 aromatic heterocycles. The van der Waals surface area contributed by atoms with Gasteiger partial charge in [-0.25, -0.2) is 4.79 Å². The van der Waals surface area contributed by atoms with E-state index in [1.807, 2.05) is 18.2 Å². The van der Waals surface area contributed by atoms with Crippen molar-refractivity contribution in [1.82, 2.24) is 5.32 Å². The van der Waals surface area contributed by atoms with Crippen LogP contribution in [0.15, 0.2) is 35.2 Å². The number of nitrogens with one attached hydrogen (secondary N) is 1. The average Bonchev–Trinajstić information content (AvgIpc) is 3.13. The molecule has 2 rings (SSSR count). The molecule has 23 heavy (non-hydrogen) atoms. The summed E-state index contributed by atoms with van der Waals surface area (Å²) < 4.78 is 22.1. The molecule has 0 spiro atoms. The van der Waals surface area contributed by atoms with Crippen molar-refractivity contribution in [3.63, 3.8) is 0 Å². The Hall–Kier alpha value is -1.73. The fourth-order valence-corrected chi connectivity index (χ4v) is 3.48. The Labute approximate surface area is 138 Å². The van der Waals surface area contributed by atoms with Gasteiger partial charge in [0.25, 0.3) is 0 Å². The number of hydrogen-bond donors (Lipinski definition) is 1. The van der Waals surface area contributed by atoms with Crippen LogP contribution in [0.3, 0.4) is 0 Å². The molecule has 7 heteroatoms. The van der Waals surface area contributed by atoms with Crippen molar-refractivity contribution < 1.29 is 23.3 Å². The van der Waals surface area contributed by atoms with Crippen LogP contribution >= 0.6 is 0 Å². The molecular formula is C16H21NO5S. The van der Waals surface area contributed by atoms with Crippen LogP contribution in [0.1, 0.15) is 12.8 Å². The number of carbonyl (C=O) groups excluding carboxylic acids is 2. The minimum absolute atomic E-state index is 0.219. The zero-order valence-electron chi connectivity index (χ0n) is 13.0. The molecule has 126 valence electrons. The van der Waals surface area contributed by atoms with E-state index in [0.29, 0.717) is 24.5 Å². The summed E-state index contributed by atoms with van der Waals surface area (Å²) in [6, 6.07) is 8.23. The van der Waals surface area contributed by atoms with E-state index in [0.717, 1.165) is 0 Å². The standard InChI is InChI=1S/C16H21NO5S/c1-21-16(19)14(17-15(18)12-7-9-22-11-12)8-10-23(20)13-5-3-2-4-6-13/h2-6,12,14H,7-11H2,1H3,(H,17,18)/t12-,14-,23+/m0/s1. The normalized spacial score (nSPS) is 19.8. The third-order valence-corrected chi connectivity index (χ3v) is 5.11. The number of ether oxygens (including phenoxy) is 2. The van der Waals surface area contributed by atoms with E-state index in [1.165, 1.54) is 7.11 Å². The number of rotatable bonds is 7. The molecule has 1 fully saturated rings. The highest BCUT2D eigenvalue weighted by Crippen LogP contribution is 2.13. The lowest BCUT2D eigenvalue weighted by molar-refractivity contribution is -0.145. The summed E-state index contributed by atoms with van der Waals surface area (Å²) in [5.41, 5.74) is 0. The molecule has 1 heterocycles. The van der Waals surface area contributed by atoms with E-state index in [4.69, 9.17) is 9.47 Å². The summed E-state index contributed by atoms with van der Waals surface area (Å²) in [4.78, 5) is 24.7. The van der Waals surface area contributed by atoms with Crippen LogP contribution in [0.25, 0.3) is 0 Å². The second-order valence-electron chi connectivity index (χ2n) is 5.30. The molecule has 0 radical (unpaired) electrons. The second-order valence-corrected chi connectivity index (χ2v) is 6.87. The van der Waals surface area contributed by atoms with Crippen molar-refractivity contribution >= 4 is 22.7 Å². The fourth-order valence-electron chi connectivity index (χ4n) is 2.34. The van der Waals surface area contributed by atoms with Crippen LogP contribution in [0.5, 0.6) is 0 Å². The van der Waals surface area contributed by atoms with Gasteiger partial charge in [-0.05, 0) is 25.0 Å². The zero-order chi connectivity index (χ0) is 16.7. The topological polar surface area (TPSA) is 81.7 Å². The van der Waals surface area contributed by atoms with Crippen LogP contribution in [0.4, 0.5) is 0 Å². The third-order valence-electron chi connectivity index (χ3n) is 3.70. The van der Waals surface area contributed by atoms with Crippen molar-refractivity contribution in [2.75, 3.05) is 26.1 Å². The fraction of sp³-hybridized carbons (Fsp3) is 0.500. The maximum absolute atomic E-state index is 12.2. The molecular weight excluding hydrogens is 318 g/mol. The summed E-state index contributed by atoms with van der Waals surface area (Å²) in [7, 11) is 0.0491. The van der Waals surface area contributed by atoms with Crippen LogP contribution in [0.2, 0.25) is 0 Å². The molecule has 1 aromatic carbocycles. The van der Waals surface area contributed by atoms with Crippen LogP contribution < -0.4 is 5.32 Å². The lowest BCUT2D eigenvalue weighted by Gasteiger charge is -2.18. The summed E-state index contributed by atoms with van der Waals surface area (Å²) in [5, 5.41) is 2.69. The molecule has 3 atom stereocenters. The zero-order valence-corrected chi connectivity index (χ0v) is 13.8. The molecule has 0 bridgehead atoms. The lowest BCUT2D eigenvalue weighted by Crippen LogP contribution is -2.45. The number of esters is 1. The Balaban J connectivity index is 1.91. The highest BCUT2D eigenvalue weighted by atomic mass is 32.2. The van der Waals surface area contributed by atoms with Gasteiger partial charge < -0.3 is 14.8 Å². The first-order valence-electron chi connectivity index (χ1n) is 7.51. The minimum Gasteiger partial charge on any atom is -0.467 e. The Bertz CT molecular complexity index is 557. The summed E-state index contributed by atoms with van der Waals surface area (Å²) in [5.74, 6) is -0.710. The van der Waals surface area contributed by atoms with E-state index in [-0.39, 0.29) is 24.0 Å². The highest BCUT2D eigenvalue weighted by molar-refractivity contribution is 7.85. The molecule has 1 saturated heterocycles. The molecule has 1 N–H and O–H groups in total. The molecule has 1 aliphatic rings. The molecule has 1 amide bonds. The molecule has 1 aromatic rings. The van der Waals surface area contributed by atoms with Gasteiger partial charge in [-0.3, -0.25) is 9.00 Å². The Kier molecular flexibility index (Phi) is 6.73. The predicted octanol–water partition coefficient (Wildman–Crippen LogP) is 0.879. The van der Waals surface area contributed by atoms with Gasteiger partial charge >= 0.3 is 5.97 Å². The monoisotopic (exact) mass is 339 g/mol. The number of carbonyl (C=O) groups is 2. The molecule has 0 aliphatic carbocycles. The summed E-state index contributed by atoms with van der Waals surface area (Å²) in [6.45, 7) is 0.925. The van der Waals surface area contributed by atoms with Gasteiger partial charge in [-0.15, -0.1) is 0 Å². The first-order valence-corrected chi connectivity index (χ1v) is 8.83. The summed E-state index contributed by atoms with van der Waals surface area (Å²) in [6.07, 6.45) is 0.906. The van der Waals surface area contributed by atoms with Crippen molar-refractivity contribution in [3.05, 3.63) is 30.3 Å². The highest BCUT2D eigenvalue weighted by Gasteiger charge is 2.28. The van der Waals surface area contributed by atoms with Crippen molar-refractivity contribution in [2.24, 2.45) is 5.92 Å². The predicted molar refractivity (Wildman–Crippen MR) is 85.2 cm³/mol. The van der Waals surface area contributed by atoms with E-state index in [9.17, 15) is 13.8 Å². The molecule has 1 aliphatic heterocycles. The smallest absolute Gasteiger partial charge is 0.328 e.